The summed E-state index contributed by atoms with van der Waals surface area (Å²) >= 11 is 0. The van der Waals surface area contributed by atoms with E-state index >= 15 is 0 Å². The molecular weight excluding hydrogens is 755 g/mol. The van der Waals surface area contributed by atoms with Gasteiger partial charge in [0.2, 0.25) is 17.7 Å². The van der Waals surface area contributed by atoms with Crippen molar-refractivity contribution in [2.75, 3.05) is 56.9 Å². The summed E-state index contributed by atoms with van der Waals surface area (Å²) in [7, 11) is 1.94. The van der Waals surface area contributed by atoms with Crippen LogP contribution in [0.1, 0.15) is 77.1 Å². The van der Waals surface area contributed by atoms with Gasteiger partial charge in [-0.2, -0.15) is 5.10 Å². The Morgan fingerprint density at radius 3 is 2.42 bits per heavy atom. The lowest BCUT2D eigenvalue weighted by atomic mass is 9.86. The summed E-state index contributed by atoms with van der Waals surface area (Å²) < 4.78 is 7.89. The van der Waals surface area contributed by atoms with E-state index in [-0.39, 0.29) is 30.7 Å². The molecule has 0 aliphatic carbocycles. The maximum absolute atomic E-state index is 13.5. The third-order valence-electron chi connectivity index (χ3n) is 11.9. The fourth-order valence-corrected chi connectivity index (χ4v) is 8.77. The highest BCUT2D eigenvalue weighted by Gasteiger charge is 2.45. The van der Waals surface area contributed by atoms with Gasteiger partial charge in [-0.15, -0.1) is 0 Å². The highest BCUT2D eigenvalue weighted by atomic mass is 16.5. The number of likely N-dealkylation sites (tertiary alicyclic amines) is 1. The number of rotatable bonds is 13. The van der Waals surface area contributed by atoms with E-state index in [1.165, 1.54) is 0 Å². The highest BCUT2D eigenvalue weighted by molar-refractivity contribution is 6.08. The first-order chi connectivity index (χ1) is 28.6. The largest absolute Gasteiger partial charge is 0.457 e. The van der Waals surface area contributed by atoms with Crippen molar-refractivity contribution in [2.45, 2.75) is 56.8 Å². The molecule has 1 aromatic heterocycles. The molecule has 3 aromatic carbocycles. The second-order valence-corrected chi connectivity index (χ2v) is 15.6. The number of aliphatic hydroxyl groups excluding tert-OH is 1. The molecule has 16 heteroatoms. The molecule has 59 heavy (non-hydrogen) atoms. The predicted octanol–water partition coefficient (Wildman–Crippen LogP) is 3.72. The van der Waals surface area contributed by atoms with Gasteiger partial charge in [-0.25, -0.2) is 4.68 Å². The number of benzene rings is 3. The Labute approximate surface area is 341 Å². The number of aromatic nitrogens is 2. The number of primary amides is 1. The van der Waals surface area contributed by atoms with Crippen molar-refractivity contribution in [1.29, 1.82) is 0 Å². The van der Waals surface area contributed by atoms with E-state index in [1.807, 2.05) is 71.2 Å². The zero-order valence-corrected chi connectivity index (χ0v) is 32.9. The number of nitrogens with two attached hydrogens (primary N) is 1. The number of anilines is 2. The van der Waals surface area contributed by atoms with E-state index in [9.17, 15) is 29.1 Å². The number of aliphatic hydroxyl groups is 1. The summed E-state index contributed by atoms with van der Waals surface area (Å²) in [5.74, 6) is 0.412. The summed E-state index contributed by atoms with van der Waals surface area (Å²) in [5, 5.41) is 24.9. The Balaban J connectivity index is 0.824. The van der Waals surface area contributed by atoms with Crippen LogP contribution in [-0.2, 0) is 14.4 Å². The highest BCUT2D eigenvalue weighted by Crippen LogP contribution is 2.41. The second-order valence-electron chi connectivity index (χ2n) is 15.6. The van der Waals surface area contributed by atoms with Crippen molar-refractivity contribution >= 4 is 41.0 Å². The molecule has 4 aromatic rings. The Hall–Kier alpha value is -6.26. The standard InChI is InChI=1S/C43H49N9O7/c1-49(25-21-45-31-9-5-8-30-36(31)43(58)51(42(30)57)33-14-15-34(53)47-41(33)56)22-19-35(54)50-23-17-26(18-24-50)32-16-20-46-40-37(39(44)55)38(48-52(32)40)27-10-12-29(13-11-27)59-28-6-3-2-4-7-28/h2-13,26,32-33,42,45-46,57H,14-25H2,1H3,(H2,44,55)(H,47,53,56)/t32-,33?,42?/m0/s1. The predicted molar refractivity (Wildman–Crippen MR) is 218 cm³/mol. The number of hydrogen-bond acceptors (Lipinski definition) is 11. The Kier molecular flexibility index (Phi) is 11.3. The molecule has 2 fully saturated rings. The molecular formula is C43H49N9O7. The van der Waals surface area contributed by atoms with Crippen LogP contribution in [0.15, 0.2) is 72.8 Å². The first-order valence-electron chi connectivity index (χ1n) is 20.2. The summed E-state index contributed by atoms with van der Waals surface area (Å²) in [4.78, 5) is 69.0. The average Bonchev–Trinajstić information content (AvgIpc) is 3.76. The molecule has 5 heterocycles. The first kappa shape index (κ1) is 39.6. The molecule has 5 amide bonds. The number of carbonyl (C=O) groups is 5. The van der Waals surface area contributed by atoms with Gasteiger partial charge in [0.05, 0.1) is 11.6 Å². The zero-order chi connectivity index (χ0) is 41.2. The molecule has 3 atom stereocenters. The number of amides is 5. The summed E-state index contributed by atoms with van der Waals surface area (Å²) in [6.45, 7) is 3.59. The van der Waals surface area contributed by atoms with Gasteiger partial charge >= 0.3 is 0 Å². The maximum Gasteiger partial charge on any atom is 0.259 e. The minimum absolute atomic E-state index is 0.0552. The van der Waals surface area contributed by atoms with E-state index in [0.29, 0.717) is 85.3 Å². The molecule has 2 unspecified atom stereocenters. The van der Waals surface area contributed by atoms with Crippen molar-refractivity contribution in [3.8, 4) is 22.8 Å². The van der Waals surface area contributed by atoms with Crippen LogP contribution >= 0.6 is 0 Å². The quantitative estimate of drug-likeness (QED) is 0.123. The van der Waals surface area contributed by atoms with Crippen LogP contribution in [0.3, 0.4) is 0 Å². The number of piperidine rings is 2. The van der Waals surface area contributed by atoms with Gasteiger partial charge in [0.25, 0.3) is 11.8 Å². The van der Waals surface area contributed by atoms with Gasteiger partial charge in [-0.1, -0.05) is 30.3 Å². The van der Waals surface area contributed by atoms with E-state index in [1.54, 1.807) is 18.2 Å². The molecule has 2 saturated heterocycles. The zero-order valence-electron chi connectivity index (χ0n) is 32.9. The summed E-state index contributed by atoms with van der Waals surface area (Å²) in [5.41, 5.74) is 8.88. The SMILES string of the molecule is CN(CCNc1cccc2c1C(=O)N(C1CCC(=O)NC1=O)C2O)CCC(=O)N1CCC([C@@H]2CCNc3c(C(N)=O)c(-c4ccc(Oc5ccccc5)cc4)nn32)CC1. The van der Waals surface area contributed by atoms with Gasteiger partial charge in [0, 0.05) is 68.9 Å². The number of fused-ring (bicyclic) bond motifs is 2. The van der Waals surface area contributed by atoms with Crippen LogP contribution in [0.2, 0.25) is 0 Å². The molecule has 0 bridgehead atoms. The normalized spacial score (nSPS) is 20.5. The number of hydrogen-bond donors (Lipinski definition) is 5. The second kappa shape index (κ2) is 16.9. The van der Waals surface area contributed by atoms with Gasteiger partial charge < -0.3 is 36.0 Å². The minimum Gasteiger partial charge on any atom is -0.457 e. The van der Waals surface area contributed by atoms with Crippen molar-refractivity contribution in [3.63, 3.8) is 0 Å². The van der Waals surface area contributed by atoms with Crippen molar-refractivity contribution in [2.24, 2.45) is 11.7 Å². The number of ether oxygens (including phenoxy) is 1. The van der Waals surface area contributed by atoms with E-state index in [4.69, 9.17) is 15.6 Å². The van der Waals surface area contributed by atoms with Crippen molar-refractivity contribution < 1.29 is 33.8 Å². The molecule has 0 radical (unpaired) electrons. The van der Waals surface area contributed by atoms with E-state index in [2.05, 4.69) is 20.9 Å². The molecule has 16 nitrogen and oxygen atoms in total. The van der Waals surface area contributed by atoms with Gasteiger partial charge in [0.1, 0.15) is 34.6 Å². The fraction of sp³-hybridized carbons (Fsp3) is 0.395. The number of nitrogens with one attached hydrogen (secondary N) is 3. The molecule has 0 saturated carbocycles. The van der Waals surface area contributed by atoms with Crippen molar-refractivity contribution in [3.05, 3.63) is 89.5 Å². The first-order valence-corrected chi connectivity index (χ1v) is 20.2. The molecule has 0 spiro atoms. The fourth-order valence-electron chi connectivity index (χ4n) is 8.77. The number of likely N-dealkylation sites (N-methyl/N-ethyl adjacent to an activating group) is 1. The topological polar surface area (TPSA) is 204 Å². The molecule has 6 N–H and O–H groups in total. The Morgan fingerprint density at radius 1 is 0.949 bits per heavy atom. The van der Waals surface area contributed by atoms with E-state index < -0.39 is 35.9 Å². The average molecular weight is 804 g/mol. The van der Waals surface area contributed by atoms with Crippen LogP contribution < -0.4 is 26.4 Å². The van der Waals surface area contributed by atoms with Crippen LogP contribution in [0.4, 0.5) is 11.5 Å². The van der Waals surface area contributed by atoms with Crippen molar-refractivity contribution in [1.82, 2.24) is 29.8 Å². The maximum atomic E-state index is 13.5. The third-order valence-corrected chi connectivity index (χ3v) is 11.9. The lowest BCUT2D eigenvalue weighted by molar-refractivity contribution is -0.139. The molecule has 4 aliphatic heterocycles. The lowest BCUT2D eigenvalue weighted by Crippen LogP contribution is -2.53. The third kappa shape index (κ3) is 8.10. The minimum atomic E-state index is -1.29. The number of carbonyl (C=O) groups excluding carboxylic acids is 5. The Morgan fingerprint density at radius 2 is 1.69 bits per heavy atom. The van der Waals surface area contributed by atoms with Gasteiger partial charge in [0.15, 0.2) is 6.23 Å². The van der Waals surface area contributed by atoms with Gasteiger partial charge in [-0.05, 0) is 81.1 Å². The van der Waals surface area contributed by atoms with Crippen LogP contribution in [-0.4, -0.2) is 111 Å². The Bertz CT molecular complexity index is 2240. The van der Waals surface area contributed by atoms with Crippen LogP contribution in [0, 0.1) is 5.92 Å². The molecule has 8 rings (SSSR count). The number of nitrogens with zero attached hydrogens (tertiary/aromatic N) is 5. The number of para-hydroxylation sites is 1. The summed E-state index contributed by atoms with van der Waals surface area (Å²) in [6, 6.07) is 21.3. The smallest absolute Gasteiger partial charge is 0.259 e. The van der Waals surface area contributed by atoms with E-state index in [0.717, 1.165) is 35.5 Å². The van der Waals surface area contributed by atoms with Crippen LogP contribution in [0.25, 0.3) is 11.3 Å². The molecule has 4 aliphatic rings. The number of imide groups is 1. The lowest BCUT2D eigenvalue weighted by Gasteiger charge is -2.38. The summed E-state index contributed by atoms with van der Waals surface area (Å²) in [6.07, 6.45) is 1.80. The molecule has 308 valence electrons. The van der Waals surface area contributed by atoms with Crippen LogP contribution in [0.5, 0.6) is 11.5 Å². The van der Waals surface area contributed by atoms with Gasteiger partial charge in [-0.3, -0.25) is 34.2 Å². The monoisotopic (exact) mass is 803 g/mol.